The van der Waals surface area contributed by atoms with E-state index in [2.05, 4.69) is 0 Å². The predicted octanol–water partition coefficient (Wildman–Crippen LogP) is -1.80. The van der Waals surface area contributed by atoms with Crippen LogP contribution in [0.1, 0.15) is 0 Å². The minimum atomic E-state index is -1.57. The topological polar surface area (TPSA) is 80.9 Å². The van der Waals surface area contributed by atoms with Crippen LogP contribution in [0.25, 0.3) is 10.8 Å². The Hall–Kier alpha value is -1.33. The normalized spacial score (nSPS) is 10.5. The van der Waals surface area contributed by atoms with E-state index in [9.17, 15) is 20.1 Å². The molecule has 0 unspecified atom stereocenters. The maximum atomic E-state index is 9.18. The fourth-order valence-electron chi connectivity index (χ4n) is 1.80. The molecule has 0 aliphatic heterocycles. The molecule has 4 nitrogen and oxygen atoms in total. The molecule has 0 saturated carbocycles. The Bertz CT molecular complexity index is 467. The summed E-state index contributed by atoms with van der Waals surface area (Å²) in [5.74, 6) is 0. The second kappa shape index (κ2) is 4.27. The maximum Gasteiger partial charge on any atom is 0.489 e. The summed E-state index contributed by atoms with van der Waals surface area (Å²) in [4.78, 5) is 0. The van der Waals surface area contributed by atoms with E-state index < -0.39 is 14.2 Å². The zero-order chi connectivity index (χ0) is 11.7. The van der Waals surface area contributed by atoms with Crippen LogP contribution in [0.3, 0.4) is 0 Å². The fourth-order valence-corrected chi connectivity index (χ4v) is 1.80. The summed E-state index contributed by atoms with van der Waals surface area (Å²) in [5.41, 5.74) is 0.694. The summed E-state index contributed by atoms with van der Waals surface area (Å²) in [5, 5.41) is 37.9. The Labute approximate surface area is 93.1 Å². The molecule has 0 aromatic heterocycles. The third-order valence-electron chi connectivity index (χ3n) is 2.55. The lowest BCUT2D eigenvalue weighted by atomic mass is 9.71. The number of rotatable bonds is 2. The number of hydrogen-bond donors (Lipinski definition) is 4. The van der Waals surface area contributed by atoms with Crippen LogP contribution >= 0.6 is 0 Å². The summed E-state index contributed by atoms with van der Waals surface area (Å²) in [7, 11) is -3.15. The lowest BCUT2D eigenvalue weighted by molar-refractivity contribution is 0.424. The first kappa shape index (κ1) is 11.2. The Morgan fingerprint density at radius 1 is 0.625 bits per heavy atom. The first-order valence-corrected chi connectivity index (χ1v) is 4.85. The molecule has 0 saturated heterocycles. The van der Waals surface area contributed by atoms with Gasteiger partial charge in [-0.1, -0.05) is 36.4 Å². The Morgan fingerprint density at radius 3 is 1.31 bits per heavy atom. The van der Waals surface area contributed by atoms with Crippen LogP contribution in [0.4, 0.5) is 0 Å². The van der Waals surface area contributed by atoms with Gasteiger partial charge < -0.3 is 20.1 Å². The fraction of sp³-hybridized carbons (Fsp3) is 0. The van der Waals surface area contributed by atoms with Crippen molar-refractivity contribution < 1.29 is 20.1 Å². The van der Waals surface area contributed by atoms with Crippen LogP contribution in [-0.4, -0.2) is 34.3 Å². The Morgan fingerprint density at radius 2 is 1.00 bits per heavy atom. The van der Waals surface area contributed by atoms with Gasteiger partial charge in [0, 0.05) is 0 Å². The van der Waals surface area contributed by atoms with E-state index in [4.69, 9.17) is 0 Å². The molecule has 0 radical (unpaired) electrons. The third kappa shape index (κ3) is 1.83. The third-order valence-corrected chi connectivity index (χ3v) is 2.55. The monoisotopic (exact) mass is 216 g/mol. The van der Waals surface area contributed by atoms with Crippen LogP contribution < -0.4 is 10.9 Å². The van der Waals surface area contributed by atoms with Gasteiger partial charge in [0.15, 0.2) is 0 Å². The second-order valence-electron chi connectivity index (χ2n) is 3.54. The standard InChI is InChI=1S/C10H10B2O4/c13-11(14)9-5-6-10(12(15)16)8-4-2-1-3-7(8)9/h1-6,13-16H. The van der Waals surface area contributed by atoms with Crippen molar-refractivity contribution in [2.75, 3.05) is 0 Å². The highest BCUT2D eigenvalue weighted by Crippen LogP contribution is 2.09. The molecule has 0 amide bonds. The van der Waals surface area contributed by atoms with Gasteiger partial charge in [-0.15, -0.1) is 0 Å². The molecule has 0 spiro atoms. The maximum absolute atomic E-state index is 9.18. The van der Waals surface area contributed by atoms with Crippen molar-refractivity contribution in [3.8, 4) is 0 Å². The molecule has 6 heteroatoms. The first-order valence-electron chi connectivity index (χ1n) is 4.85. The van der Waals surface area contributed by atoms with Crippen LogP contribution in [-0.2, 0) is 0 Å². The van der Waals surface area contributed by atoms with E-state index in [-0.39, 0.29) is 0 Å². The van der Waals surface area contributed by atoms with Gasteiger partial charge >= 0.3 is 14.2 Å². The molecule has 2 aromatic carbocycles. The van der Waals surface area contributed by atoms with Gasteiger partial charge in [0.2, 0.25) is 0 Å². The van der Waals surface area contributed by atoms with Crippen molar-refractivity contribution in [1.29, 1.82) is 0 Å². The van der Waals surface area contributed by atoms with E-state index in [1.54, 1.807) is 24.3 Å². The highest BCUT2D eigenvalue weighted by Gasteiger charge is 2.20. The highest BCUT2D eigenvalue weighted by atomic mass is 16.4. The zero-order valence-corrected chi connectivity index (χ0v) is 8.41. The minimum Gasteiger partial charge on any atom is -0.423 e. The average Bonchev–Trinajstić information content (AvgIpc) is 2.27. The molecule has 80 valence electrons. The van der Waals surface area contributed by atoms with Crippen molar-refractivity contribution >= 4 is 35.9 Å². The molecule has 0 atom stereocenters. The Balaban J connectivity index is 2.77. The molecule has 16 heavy (non-hydrogen) atoms. The Kier molecular flexibility index (Phi) is 2.98. The van der Waals surface area contributed by atoms with E-state index in [0.717, 1.165) is 0 Å². The SMILES string of the molecule is OB(O)c1ccc(B(O)O)c2ccccc12. The first-order chi connectivity index (χ1) is 7.61. The van der Waals surface area contributed by atoms with Crippen LogP contribution in [0.15, 0.2) is 36.4 Å². The summed E-state index contributed by atoms with van der Waals surface area (Å²) in [6.45, 7) is 0. The largest absolute Gasteiger partial charge is 0.489 e. The molecular formula is C10H10B2O4. The van der Waals surface area contributed by atoms with Crippen LogP contribution in [0.2, 0.25) is 0 Å². The van der Waals surface area contributed by atoms with Gasteiger partial charge in [-0.05, 0) is 21.7 Å². The number of benzene rings is 2. The van der Waals surface area contributed by atoms with Gasteiger partial charge in [-0.3, -0.25) is 0 Å². The average molecular weight is 216 g/mol. The predicted molar refractivity (Wildman–Crippen MR) is 63.6 cm³/mol. The minimum absolute atomic E-state index is 0.347. The van der Waals surface area contributed by atoms with Gasteiger partial charge in [-0.2, -0.15) is 0 Å². The van der Waals surface area contributed by atoms with Crippen molar-refractivity contribution in [2.24, 2.45) is 0 Å². The quantitative estimate of drug-likeness (QED) is 0.446. The molecule has 0 heterocycles. The van der Waals surface area contributed by atoms with Gasteiger partial charge in [0.05, 0.1) is 0 Å². The van der Waals surface area contributed by atoms with Crippen molar-refractivity contribution in [3.05, 3.63) is 36.4 Å². The van der Waals surface area contributed by atoms with Crippen molar-refractivity contribution in [2.45, 2.75) is 0 Å². The lowest BCUT2D eigenvalue weighted by Gasteiger charge is -2.09. The molecular weight excluding hydrogens is 206 g/mol. The molecule has 0 aliphatic rings. The summed E-state index contributed by atoms with van der Waals surface area (Å²) >= 11 is 0. The number of hydrogen-bond acceptors (Lipinski definition) is 4. The highest BCUT2D eigenvalue weighted by molar-refractivity contribution is 6.65. The smallest absolute Gasteiger partial charge is 0.423 e. The summed E-state index contributed by atoms with van der Waals surface area (Å²) in [6.07, 6.45) is 0. The van der Waals surface area contributed by atoms with E-state index in [0.29, 0.717) is 21.7 Å². The van der Waals surface area contributed by atoms with Crippen molar-refractivity contribution in [3.63, 3.8) is 0 Å². The summed E-state index contributed by atoms with van der Waals surface area (Å²) in [6, 6.07) is 9.86. The van der Waals surface area contributed by atoms with Crippen LogP contribution in [0, 0.1) is 0 Å². The summed E-state index contributed by atoms with van der Waals surface area (Å²) < 4.78 is 0. The van der Waals surface area contributed by atoms with E-state index >= 15 is 0 Å². The molecule has 0 fully saturated rings. The molecule has 0 bridgehead atoms. The molecule has 0 aliphatic carbocycles. The van der Waals surface area contributed by atoms with Crippen LogP contribution in [0.5, 0.6) is 0 Å². The second-order valence-corrected chi connectivity index (χ2v) is 3.54. The van der Waals surface area contributed by atoms with Gasteiger partial charge in [-0.25, -0.2) is 0 Å². The van der Waals surface area contributed by atoms with Gasteiger partial charge in [0.1, 0.15) is 0 Å². The van der Waals surface area contributed by atoms with Crippen molar-refractivity contribution in [1.82, 2.24) is 0 Å². The van der Waals surface area contributed by atoms with E-state index in [1.807, 2.05) is 0 Å². The lowest BCUT2D eigenvalue weighted by Crippen LogP contribution is -2.36. The van der Waals surface area contributed by atoms with Gasteiger partial charge in [0.25, 0.3) is 0 Å². The number of fused-ring (bicyclic) bond motifs is 1. The van der Waals surface area contributed by atoms with E-state index in [1.165, 1.54) is 12.1 Å². The zero-order valence-electron chi connectivity index (χ0n) is 8.41. The molecule has 2 rings (SSSR count). The molecule has 2 aromatic rings. The molecule has 4 N–H and O–H groups in total.